The van der Waals surface area contributed by atoms with Crippen LogP contribution in [0.25, 0.3) is 11.4 Å². The molecule has 26 heavy (non-hydrogen) atoms. The fourth-order valence-electron chi connectivity index (χ4n) is 3.56. The van der Waals surface area contributed by atoms with Crippen molar-refractivity contribution in [2.75, 3.05) is 26.2 Å². The average molecular weight is 376 g/mol. The van der Waals surface area contributed by atoms with Gasteiger partial charge in [-0.2, -0.15) is 4.98 Å². The summed E-state index contributed by atoms with van der Waals surface area (Å²) in [6.07, 6.45) is 2.87. The monoisotopic (exact) mass is 375 g/mol. The summed E-state index contributed by atoms with van der Waals surface area (Å²) in [7, 11) is 0. The van der Waals surface area contributed by atoms with Crippen LogP contribution in [0.3, 0.4) is 0 Å². The lowest BCUT2D eigenvalue weighted by atomic mass is 9.97. The van der Waals surface area contributed by atoms with Crippen LogP contribution in [0.5, 0.6) is 0 Å². The summed E-state index contributed by atoms with van der Waals surface area (Å²) in [5, 5.41) is 11.1. The van der Waals surface area contributed by atoms with E-state index in [1.807, 2.05) is 17.0 Å². The van der Waals surface area contributed by atoms with E-state index in [-0.39, 0.29) is 6.03 Å². The van der Waals surface area contributed by atoms with Crippen LogP contribution in [0.15, 0.2) is 28.8 Å². The number of piperidine rings is 1. The van der Waals surface area contributed by atoms with E-state index in [1.165, 1.54) is 6.42 Å². The van der Waals surface area contributed by atoms with Gasteiger partial charge < -0.3 is 20.1 Å². The molecule has 0 saturated carbocycles. The molecule has 2 N–H and O–H groups in total. The Labute approximate surface area is 157 Å². The molecule has 2 amide bonds. The van der Waals surface area contributed by atoms with Crippen molar-refractivity contribution >= 4 is 17.6 Å². The van der Waals surface area contributed by atoms with Gasteiger partial charge in [-0.15, -0.1) is 0 Å². The van der Waals surface area contributed by atoms with E-state index < -0.39 is 0 Å². The molecule has 8 heteroatoms. The number of nitrogens with zero attached hydrogens (tertiary/aromatic N) is 3. The third kappa shape index (κ3) is 3.99. The molecule has 0 spiro atoms. The van der Waals surface area contributed by atoms with Crippen LogP contribution < -0.4 is 10.6 Å². The largest absolute Gasteiger partial charge is 0.339 e. The van der Waals surface area contributed by atoms with Crippen molar-refractivity contribution < 1.29 is 9.32 Å². The summed E-state index contributed by atoms with van der Waals surface area (Å²) < 4.78 is 5.27. The van der Waals surface area contributed by atoms with Gasteiger partial charge in [-0.1, -0.05) is 16.8 Å². The van der Waals surface area contributed by atoms with Gasteiger partial charge in [0.05, 0.1) is 0 Å². The highest BCUT2D eigenvalue weighted by atomic mass is 35.5. The van der Waals surface area contributed by atoms with Crippen LogP contribution in [0.1, 0.15) is 18.7 Å². The lowest BCUT2D eigenvalue weighted by molar-refractivity contribution is 0.195. The maximum absolute atomic E-state index is 12.4. The van der Waals surface area contributed by atoms with Gasteiger partial charge in [0, 0.05) is 42.7 Å². The second-order valence-electron chi connectivity index (χ2n) is 6.95. The molecule has 0 aliphatic carbocycles. The third-order valence-electron chi connectivity index (χ3n) is 5.01. The van der Waals surface area contributed by atoms with Gasteiger partial charge in [0.25, 0.3) is 0 Å². The molecular weight excluding hydrogens is 354 g/mol. The second-order valence-corrected chi connectivity index (χ2v) is 7.39. The molecule has 3 aliphatic rings. The number of aromatic nitrogens is 2. The van der Waals surface area contributed by atoms with Gasteiger partial charge in [-0.05, 0) is 49.6 Å². The van der Waals surface area contributed by atoms with E-state index in [9.17, 15) is 4.79 Å². The summed E-state index contributed by atoms with van der Waals surface area (Å²) in [6, 6.07) is 7.69. The number of rotatable bonds is 4. The Hall–Kier alpha value is -2.12. The number of halogens is 1. The fourth-order valence-corrected chi connectivity index (χ4v) is 3.69. The molecule has 138 valence electrons. The maximum atomic E-state index is 12.4. The minimum atomic E-state index is -0.0111. The Morgan fingerprint density at radius 3 is 2.92 bits per heavy atom. The van der Waals surface area contributed by atoms with E-state index in [0.717, 1.165) is 31.6 Å². The first-order valence-electron chi connectivity index (χ1n) is 9.02. The molecule has 0 unspecified atom stereocenters. The summed E-state index contributed by atoms with van der Waals surface area (Å²) in [5.41, 5.74) is 0.848. The smallest absolute Gasteiger partial charge is 0.317 e. The zero-order valence-corrected chi connectivity index (χ0v) is 15.2. The van der Waals surface area contributed by atoms with Gasteiger partial charge in [0.1, 0.15) is 0 Å². The summed E-state index contributed by atoms with van der Waals surface area (Å²) >= 11 is 5.89. The predicted molar refractivity (Wildman–Crippen MR) is 97.9 cm³/mol. The molecule has 2 aromatic rings. The molecule has 3 fully saturated rings. The normalized spacial score (nSPS) is 22.3. The van der Waals surface area contributed by atoms with Crippen molar-refractivity contribution in [3.63, 3.8) is 0 Å². The van der Waals surface area contributed by atoms with Crippen molar-refractivity contribution in [2.45, 2.75) is 25.3 Å². The van der Waals surface area contributed by atoms with Gasteiger partial charge in [0.2, 0.25) is 11.7 Å². The van der Waals surface area contributed by atoms with Gasteiger partial charge in [-0.25, -0.2) is 4.79 Å². The fraction of sp³-hybridized carbons (Fsp3) is 0.500. The Morgan fingerprint density at radius 1 is 1.31 bits per heavy atom. The summed E-state index contributed by atoms with van der Waals surface area (Å²) in [5.74, 6) is 1.60. The molecule has 4 heterocycles. The number of fused-ring (bicyclic) bond motifs is 4. The van der Waals surface area contributed by atoms with E-state index in [1.54, 1.807) is 12.1 Å². The molecule has 1 aromatic heterocycles. The Kier molecular flexibility index (Phi) is 5.08. The van der Waals surface area contributed by atoms with E-state index in [0.29, 0.717) is 41.7 Å². The van der Waals surface area contributed by atoms with Crippen LogP contribution in [-0.2, 0) is 6.42 Å². The minimum Gasteiger partial charge on any atom is -0.339 e. The average Bonchev–Trinajstić information content (AvgIpc) is 2.91. The minimum absolute atomic E-state index is 0.0111. The number of nitrogens with one attached hydrogen (secondary N) is 2. The number of amides is 2. The van der Waals surface area contributed by atoms with Gasteiger partial charge in [0.15, 0.2) is 0 Å². The van der Waals surface area contributed by atoms with Crippen molar-refractivity contribution in [1.29, 1.82) is 0 Å². The number of hydrogen-bond acceptors (Lipinski definition) is 5. The molecule has 3 aliphatic heterocycles. The van der Waals surface area contributed by atoms with Crippen molar-refractivity contribution in [2.24, 2.45) is 5.92 Å². The quantitative estimate of drug-likeness (QED) is 0.856. The number of hydrogen-bond donors (Lipinski definition) is 2. The summed E-state index contributed by atoms with van der Waals surface area (Å²) in [6.45, 7) is 3.10. The van der Waals surface area contributed by atoms with Gasteiger partial charge in [-0.3, -0.25) is 0 Å². The zero-order valence-electron chi connectivity index (χ0n) is 14.4. The lowest BCUT2D eigenvalue weighted by Crippen LogP contribution is -2.45. The standard InChI is InChI=1S/C18H22ClN5O2/c19-14-4-2-13(3-5-14)17-22-16(26-23-17)7-8-20-18(25)24-10-12-1-6-15(11-24)21-9-12/h2-5,12,15,21H,1,6-11H2,(H,20,25)/t12-,15-/m0/s1. The van der Waals surface area contributed by atoms with Crippen molar-refractivity contribution in [1.82, 2.24) is 25.7 Å². The Morgan fingerprint density at radius 2 is 2.15 bits per heavy atom. The first-order chi connectivity index (χ1) is 12.7. The Balaban J connectivity index is 1.28. The highest BCUT2D eigenvalue weighted by Crippen LogP contribution is 2.21. The Bertz CT molecular complexity index is 741. The summed E-state index contributed by atoms with van der Waals surface area (Å²) in [4.78, 5) is 18.7. The molecule has 5 rings (SSSR count). The zero-order chi connectivity index (χ0) is 17.9. The van der Waals surface area contributed by atoms with Crippen molar-refractivity contribution in [3.05, 3.63) is 35.2 Å². The van der Waals surface area contributed by atoms with E-state index in [2.05, 4.69) is 20.8 Å². The topological polar surface area (TPSA) is 83.3 Å². The first kappa shape index (κ1) is 17.3. The van der Waals surface area contributed by atoms with E-state index in [4.69, 9.17) is 16.1 Å². The lowest BCUT2D eigenvalue weighted by Gasteiger charge is -2.23. The van der Waals surface area contributed by atoms with Crippen LogP contribution >= 0.6 is 11.6 Å². The second kappa shape index (κ2) is 7.63. The molecule has 2 bridgehead atoms. The van der Waals surface area contributed by atoms with Crippen molar-refractivity contribution in [3.8, 4) is 11.4 Å². The molecule has 1 aromatic carbocycles. The number of carbonyl (C=O) groups is 1. The molecule has 0 radical (unpaired) electrons. The van der Waals surface area contributed by atoms with Crippen LogP contribution in [0, 0.1) is 5.92 Å². The SMILES string of the molecule is O=C(NCCc1nc(-c2ccc(Cl)cc2)no1)N1C[C@H]2CC[C@@H](C1)NC2. The van der Waals surface area contributed by atoms with E-state index >= 15 is 0 Å². The number of urea groups is 1. The number of benzene rings is 1. The molecule has 7 nitrogen and oxygen atoms in total. The van der Waals surface area contributed by atoms with Crippen LogP contribution in [-0.4, -0.2) is 53.3 Å². The maximum Gasteiger partial charge on any atom is 0.317 e. The third-order valence-corrected chi connectivity index (χ3v) is 5.26. The molecule has 3 saturated heterocycles. The molecular formula is C18H22ClN5O2. The van der Waals surface area contributed by atoms with Crippen LogP contribution in [0.4, 0.5) is 4.79 Å². The predicted octanol–water partition coefficient (Wildman–Crippen LogP) is 2.33. The number of carbonyl (C=O) groups excluding carboxylic acids is 1. The molecule has 2 atom stereocenters. The van der Waals surface area contributed by atoms with Crippen LogP contribution in [0.2, 0.25) is 5.02 Å². The van der Waals surface area contributed by atoms with Gasteiger partial charge >= 0.3 is 6.03 Å². The highest BCUT2D eigenvalue weighted by molar-refractivity contribution is 6.30. The highest BCUT2D eigenvalue weighted by Gasteiger charge is 2.31. The first-order valence-corrected chi connectivity index (χ1v) is 9.40.